The van der Waals surface area contributed by atoms with Crippen LogP contribution in [0.1, 0.15) is 32.4 Å². The molecule has 2 nitrogen and oxygen atoms in total. The minimum absolute atomic E-state index is 0.115. The quantitative estimate of drug-likeness (QED) is 0.406. The molecule has 28 heavy (non-hydrogen) atoms. The van der Waals surface area contributed by atoms with E-state index in [1.54, 1.807) is 0 Å². The smallest absolute Gasteiger partial charge is 0.205 e. The molecular formula is C25H28NOP. The maximum absolute atomic E-state index is 14.5. The van der Waals surface area contributed by atoms with Crippen molar-refractivity contribution in [3.8, 4) is 0 Å². The van der Waals surface area contributed by atoms with E-state index in [-0.39, 0.29) is 11.5 Å². The molecule has 0 heterocycles. The lowest BCUT2D eigenvalue weighted by Gasteiger charge is -2.36. The summed E-state index contributed by atoms with van der Waals surface area (Å²) in [6.07, 6.45) is 4.24. The van der Waals surface area contributed by atoms with Gasteiger partial charge in [0, 0.05) is 22.1 Å². The van der Waals surface area contributed by atoms with Crippen molar-refractivity contribution in [1.29, 1.82) is 0 Å². The van der Waals surface area contributed by atoms with Crippen LogP contribution in [0.25, 0.3) is 0 Å². The molecule has 0 aliphatic heterocycles. The summed E-state index contributed by atoms with van der Waals surface area (Å²) in [6, 6.07) is 29.7. The van der Waals surface area contributed by atoms with Crippen molar-refractivity contribution in [1.82, 2.24) is 5.09 Å². The van der Waals surface area contributed by atoms with Crippen molar-refractivity contribution < 1.29 is 4.57 Å². The molecule has 0 saturated heterocycles. The van der Waals surface area contributed by atoms with E-state index in [0.717, 1.165) is 16.2 Å². The predicted molar refractivity (Wildman–Crippen MR) is 121 cm³/mol. The molecule has 0 amide bonds. The Balaban J connectivity index is 2.15. The van der Waals surface area contributed by atoms with Gasteiger partial charge < -0.3 is 0 Å². The fourth-order valence-electron chi connectivity index (χ4n) is 3.60. The van der Waals surface area contributed by atoms with Gasteiger partial charge in [0.05, 0.1) is 0 Å². The molecule has 0 aliphatic rings. The highest BCUT2D eigenvalue weighted by molar-refractivity contribution is 7.76. The lowest BCUT2D eigenvalue weighted by Crippen LogP contribution is -2.37. The van der Waals surface area contributed by atoms with Gasteiger partial charge in [0.15, 0.2) is 0 Å². The van der Waals surface area contributed by atoms with Crippen molar-refractivity contribution in [2.75, 3.05) is 0 Å². The van der Waals surface area contributed by atoms with Gasteiger partial charge in [-0.05, 0) is 36.8 Å². The molecular weight excluding hydrogens is 361 g/mol. The Hall–Kier alpha value is -2.41. The van der Waals surface area contributed by atoms with Crippen LogP contribution >= 0.6 is 7.29 Å². The normalized spacial score (nSPS) is 13.5. The summed E-state index contributed by atoms with van der Waals surface area (Å²) >= 11 is 0. The lowest BCUT2D eigenvalue weighted by atomic mass is 9.81. The molecule has 3 aromatic rings. The van der Waals surface area contributed by atoms with Crippen molar-refractivity contribution in [2.24, 2.45) is 5.41 Å². The van der Waals surface area contributed by atoms with Gasteiger partial charge in [0.25, 0.3) is 0 Å². The van der Waals surface area contributed by atoms with E-state index < -0.39 is 7.29 Å². The molecule has 1 unspecified atom stereocenters. The average molecular weight is 389 g/mol. The predicted octanol–water partition coefficient (Wildman–Crippen LogP) is 5.85. The maximum Gasteiger partial charge on any atom is 0.205 e. The number of benzene rings is 3. The molecule has 0 bridgehead atoms. The summed E-state index contributed by atoms with van der Waals surface area (Å²) in [5, 5.41) is 5.24. The van der Waals surface area contributed by atoms with Crippen LogP contribution in [0, 0.1) is 5.41 Å². The minimum Gasteiger partial charge on any atom is -0.297 e. The van der Waals surface area contributed by atoms with Crippen LogP contribution in [0.15, 0.2) is 103 Å². The van der Waals surface area contributed by atoms with E-state index in [2.05, 4.69) is 43.2 Å². The second-order valence-electron chi connectivity index (χ2n) is 7.57. The average Bonchev–Trinajstić information content (AvgIpc) is 2.73. The first-order valence-corrected chi connectivity index (χ1v) is 11.4. The van der Waals surface area contributed by atoms with Gasteiger partial charge in [-0.3, -0.25) is 9.65 Å². The monoisotopic (exact) mass is 389 g/mol. The first kappa shape index (κ1) is 20.3. The third kappa shape index (κ3) is 4.35. The van der Waals surface area contributed by atoms with Crippen LogP contribution in [0.5, 0.6) is 0 Å². The molecule has 0 saturated carbocycles. The summed E-state index contributed by atoms with van der Waals surface area (Å²) in [6.45, 7) is 6.38. The second kappa shape index (κ2) is 8.73. The Morgan fingerprint density at radius 3 is 1.64 bits per heavy atom. The first-order chi connectivity index (χ1) is 13.5. The molecule has 0 aliphatic carbocycles. The Labute approximate surface area is 168 Å². The highest BCUT2D eigenvalue weighted by Gasteiger charge is 2.36. The molecule has 1 atom stereocenters. The number of hydrogen-bond acceptors (Lipinski definition) is 1. The van der Waals surface area contributed by atoms with Gasteiger partial charge in [0.2, 0.25) is 7.29 Å². The summed E-state index contributed by atoms with van der Waals surface area (Å²) < 4.78 is 14.5. The van der Waals surface area contributed by atoms with E-state index in [1.807, 2.05) is 85.8 Å². The first-order valence-electron chi connectivity index (χ1n) is 9.65. The highest BCUT2D eigenvalue weighted by atomic mass is 31.2. The zero-order chi connectivity index (χ0) is 20.0. The zero-order valence-corrected chi connectivity index (χ0v) is 17.6. The van der Waals surface area contributed by atoms with Gasteiger partial charge >= 0.3 is 0 Å². The lowest BCUT2D eigenvalue weighted by molar-refractivity contribution is 0.354. The Kier molecular flexibility index (Phi) is 6.34. The molecule has 3 aromatic carbocycles. The Morgan fingerprint density at radius 1 is 0.786 bits per heavy atom. The summed E-state index contributed by atoms with van der Waals surface area (Å²) in [7, 11) is -3.05. The van der Waals surface area contributed by atoms with E-state index in [4.69, 9.17) is 0 Å². The van der Waals surface area contributed by atoms with Crippen LogP contribution in [-0.2, 0) is 4.57 Å². The number of rotatable bonds is 7. The van der Waals surface area contributed by atoms with Gasteiger partial charge in [-0.2, -0.15) is 0 Å². The van der Waals surface area contributed by atoms with Crippen molar-refractivity contribution in [3.63, 3.8) is 0 Å². The maximum atomic E-state index is 14.5. The van der Waals surface area contributed by atoms with Crippen LogP contribution in [-0.4, -0.2) is 0 Å². The van der Waals surface area contributed by atoms with Gasteiger partial charge in [0.1, 0.15) is 0 Å². The van der Waals surface area contributed by atoms with Crippen molar-refractivity contribution >= 4 is 17.9 Å². The standard InChI is InChI=1S/C25H28NOP/c1-4-20-25(2,3)24(21-14-8-5-9-15-21)26-28(27,22-16-10-6-11-17-22)23-18-12-7-13-19-23/h4-20,24H,1-3H3,(H,26,27)/b20-4+. The van der Waals surface area contributed by atoms with E-state index >= 15 is 0 Å². The summed E-state index contributed by atoms with van der Waals surface area (Å²) in [4.78, 5) is 0. The van der Waals surface area contributed by atoms with Crippen molar-refractivity contribution in [3.05, 3.63) is 109 Å². The molecule has 3 rings (SSSR count). The Bertz CT molecular complexity index is 906. The topological polar surface area (TPSA) is 29.1 Å². The number of allylic oxidation sites excluding steroid dienone is 1. The highest BCUT2D eigenvalue weighted by Crippen LogP contribution is 2.46. The van der Waals surface area contributed by atoms with Crippen LogP contribution in [0.2, 0.25) is 0 Å². The molecule has 0 spiro atoms. The van der Waals surface area contributed by atoms with Crippen LogP contribution in [0.4, 0.5) is 0 Å². The number of hydrogen-bond donors (Lipinski definition) is 1. The van der Waals surface area contributed by atoms with Crippen LogP contribution < -0.4 is 15.7 Å². The van der Waals surface area contributed by atoms with E-state index in [9.17, 15) is 4.57 Å². The van der Waals surface area contributed by atoms with E-state index in [0.29, 0.717) is 0 Å². The zero-order valence-electron chi connectivity index (χ0n) is 16.7. The van der Waals surface area contributed by atoms with Crippen LogP contribution in [0.3, 0.4) is 0 Å². The molecule has 0 aromatic heterocycles. The second-order valence-corrected chi connectivity index (χ2v) is 10.1. The largest absolute Gasteiger partial charge is 0.297 e. The molecule has 3 heteroatoms. The SMILES string of the molecule is C/C=C/C(C)(C)C(NP(=O)(c1ccccc1)c1ccccc1)c1ccccc1. The number of nitrogens with one attached hydrogen (secondary N) is 1. The van der Waals surface area contributed by atoms with Gasteiger partial charge in [-0.1, -0.05) is 92.7 Å². The Morgan fingerprint density at radius 2 is 1.21 bits per heavy atom. The third-order valence-electron chi connectivity index (χ3n) is 5.02. The summed E-state index contributed by atoms with van der Waals surface area (Å²) in [5.41, 5.74) is 0.896. The molecule has 1 N–H and O–H groups in total. The van der Waals surface area contributed by atoms with Gasteiger partial charge in [-0.25, -0.2) is 0 Å². The molecule has 0 radical (unpaired) electrons. The molecule has 144 valence electrons. The van der Waals surface area contributed by atoms with Gasteiger partial charge in [-0.15, -0.1) is 0 Å². The van der Waals surface area contributed by atoms with E-state index in [1.165, 1.54) is 0 Å². The minimum atomic E-state index is -3.05. The summed E-state index contributed by atoms with van der Waals surface area (Å²) in [5.74, 6) is 0. The third-order valence-corrected chi connectivity index (χ3v) is 7.70. The fourth-order valence-corrected chi connectivity index (χ4v) is 6.22. The van der Waals surface area contributed by atoms with Crippen molar-refractivity contribution in [2.45, 2.75) is 26.8 Å². The fraction of sp³-hybridized carbons (Fsp3) is 0.200. The molecule has 0 fully saturated rings.